The van der Waals surface area contributed by atoms with Gasteiger partial charge in [0.05, 0.1) is 24.1 Å². The van der Waals surface area contributed by atoms with E-state index in [1.54, 1.807) is 10.9 Å². The summed E-state index contributed by atoms with van der Waals surface area (Å²) >= 11 is 0. The summed E-state index contributed by atoms with van der Waals surface area (Å²) in [6, 6.07) is 13.5. The maximum absolute atomic E-state index is 12.2. The number of carboxylic acids is 1. The van der Waals surface area contributed by atoms with Crippen LogP contribution in [0.25, 0.3) is 11.5 Å². The third-order valence-corrected chi connectivity index (χ3v) is 4.82. The first-order valence-electron chi connectivity index (χ1n) is 7.47. The SMILES string of the molecule is O=C(O)CCS(=O)Cc1cnn(-c2ccccc2)c1-n1cccc1. The summed E-state index contributed by atoms with van der Waals surface area (Å²) in [5, 5.41) is 13.2. The summed E-state index contributed by atoms with van der Waals surface area (Å²) in [5.41, 5.74) is 1.72. The summed E-state index contributed by atoms with van der Waals surface area (Å²) in [4.78, 5) is 10.6. The molecule has 6 nitrogen and oxygen atoms in total. The maximum Gasteiger partial charge on any atom is 0.304 e. The maximum atomic E-state index is 12.2. The predicted octanol–water partition coefficient (Wildman–Crippen LogP) is 2.39. The summed E-state index contributed by atoms with van der Waals surface area (Å²) in [7, 11) is -1.25. The van der Waals surface area contributed by atoms with Gasteiger partial charge in [-0.1, -0.05) is 18.2 Å². The quantitative estimate of drug-likeness (QED) is 0.714. The Balaban J connectivity index is 1.94. The van der Waals surface area contributed by atoms with Crippen LogP contribution in [0.3, 0.4) is 0 Å². The average molecular weight is 343 g/mol. The number of carbonyl (C=O) groups is 1. The van der Waals surface area contributed by atoms with Gasteiger partial charge in [0.2, 0.25) is 0 Å². The molecule has 2 heterocycles. The molecule has 0 amide bonds. The van der Waals surface area contributed by atoms with Gasteiger partial charge in [0, 0.05) is 34.5 Å². The van der Waals surface area contributed by atoms with Crippen LogP contribution in [-0.4, -0.2) is 35.4 Å². The monoisotopic (exact) mass is 343 g/mol. The van der Waals surface area contributed by atoms with Crippen molar-refractivity contribution in [2.75, 3.05) is 5.75 Å². The number of benzene rings is 1. The second-order valence-corrected chi connectivity index (χ2v) is 6.84. The molecule has 0 aliphatic rings. The van der Waals surface area contributed by atoms with Gasteiger partial charge in [-0.2, -0.15) is 5.10 Å². The third-order valence-electron chi connectivity index (χ3n) is 3.53. The first kappa shape index (κ1) is 16.2. The molecule has 0 saturated carbocycles. The highest BCUT2D eigenvalue weighted by atomic mass is 32.2. The zero-order valence-corrected chi connectivity index (χ0v) is 13.7. The van der Waals surface area contributed by atoms with E-state index in [4.69, 9.17) is 5.11 Å². The van der Waals surface area contributed by atoms with Crippen molar-refractivity contribution in [3.63, 3.8) is 0 Å². The molecule has 1 unspecified atom stereocenters. The molecule has 0 fully saturated rings. The number of aromatic nitrogens is 3. The molecule has 3 rings (SSSR count). The van der Waals surface area contributed by atoms with Crippen LogP contribution in [0.15, 0.2) is 61.1 Å². The van der Waals surface area contributed by atoms with Gasteiger partial charge in [0.25, 0.3) is 0 Å². The Morgan fingerprint density at radius 1 is 1.12 bits per heavy atom. The molecule has 24 heavy (non-hydrogen) atoms. The summed E-state index contributed by atoms with van der Waals surface area (Å²) in [6.07, 6.45) is 5.40. The van der Waals surface area contributed by atoms with Crippen molar-refractivity contribution in [1.82, 2.24) is 14.3 Å². The van der Waals surface area contributed by atoms with Crippen molar-refractivity contribution in [2.24, 2.45) is 0 Å². The topological polar surface area (TPSA) is 77.1 Å². The molecule has 0 radical (unpaired) electrons. The average Bonchev–Trinajstić information content (AvgIpc) is 3.23. The number of rotatable bonds is 7. The van der Waals surface area contributed by atoms with E-state index in [1.807, 2.05) is 59.4 Å². The lowest BCUT2D eigenvalue weighted by molar-refractivity contribution is -0.136. The van der Waals surface area contributed by atoms with E-state index in [0.717, 1.165) is 17.1 Å². The Morgan fingerprint density at radius 3 is 2.50 bits per heavy atom. The number of para-hydroxylation sites is 1. The number of nitrogens with zero attached hydrogens (tertiary/aromatic N) is 3. The molecule has 1 aromatic carbocycles. The summed E-state index contributed by atoms with van der Waals surface area (Å²) in [5.74, 6) is 0.286. The van der Waals surface area contributed by atoms with Gasteiger partial charge in [-0.15, -0.1) is 0 Å². The minimum absolute atomic E-state index is 0.0989. The van der Waals surface area contributed by atoms with Crippen molar-refractivity contribution < 1.29 is 14.1 Å². The largest absolute Gasteiger partial charge is 0.481 e. The van der Waals surface area contributed by atoms with Crippen LogP contribution in [0.2, 0.25) is 0 Å². The predicted molar refractivity (Wildman–Crippen MR) is 91.9 cm³/mol. The Hall–Kier alpha value is -2.67. The minimum Gasteiger partial charge on any atom is -0.481 e. The van der Waals surface area contributed by atoms with Gasteiger partial charge in [0.15, 0.2) is 0 Å². The van der Waals surface area contributed by atoms with Crippen LogP contribution >= 0.6 is 0 Å². The highest BCUT2D eigenvalue weighted by molar-refractivity contribution is 7.84. The van der Waals surface area contributed by atoms with Crippen molar-refractivity contribution in [3.8, 4) is 11.5 Å². The molecule has 0 saturated heterocycles. The van der Waals surface area contributed by atoms with Gasteiger partial charge < -0.3 is 9.67 Å². The number of aliphatic carboxylic acids is 1. The Bertz CT molecular complexity index is 841. The molecule has 0 bridgehead atoms. The normalized spacial score (nSPS) is 12.2. The molecule has 2 aromatic heterocycles. The van der Waals surface area contributed by atoms with Crippen molar-refractivity contribution in [1.29, 1.82) is 0 Å². The standard InChI is InChI=1S/C17H17N3O3S/c21-16(22)8-11-24(23)13-14-12-18-20(15-6-2-1-3-7-15)17(14)19-9-4-5-10-19/h1-7,9-10,12H,8,11,13H2,(H,21,22). The second kappa shape index (κ2) is 7.27. The lowest BCUT2D eigenvalue weighted by Gasteiger charge is -2.11. The van der Waals surface area contributed by atoms with E-state index in [-0.39, 0.29) is 17.9 Å². The van der Waals surface area contributed by atoms with Gasteiger partial charge in [0.1, 0.15) is 5.82 Å². The molecule has 1 N–H and O–H groups in total. The number of hydrogen-bond donors (Lipinski definition) is 1. The molecule has 0 aliphatic carbocycles. The molecule has 0 aliphatic heterocycles. The zero-order valence-electron chi connectivity index (χ0n) is 12.9. The minimum atomic E-state index is -1.25. The molecule has 124 valence electrons. The fourth-order valence-corrected chi connectivity index (χ4v) is 3.53. The van der Waals surface area contributed by atoms with Gasteiger partial charge in [-0.05, 0) is 24.3 Å². The lowest BCUT2D eigenvalue weighted by Crippen LogP contribution is -2.09. The van der Waals surface area contributed by atoms with Crippen LogP contribution in [-0.2, 0) is 21.3 Å². The van der Waals surface area contributed by atoms with Gasteiger partial charge in [-0.25, -0.2) is 4.68 Å². The fourth-order valence-electron chi connectivity index (χ4n) is 2.43. The van der Waals surface area contributed by atoms with E-state index >= 15 is 0 Å². The smallest absolute Gasteiger partial charge is 0.304 e. The van der Waals surface area contributed by atoms with E-state index in [2.05, 4.69) is 5.10 Å². The Kier molecular flexibility index (Phi) is 4.90. The Morgan fingerprint density at radius 2 is 1.83 bits per heavy atom. The molecule has 1 atom stereocenters. The number of hydrogen-bond acceptors (Lipinski definition) is 3. The van der Waals surface area contributed by atoms with E-state index < -0.39 is 16.8 Å². The fraction of sp³-hybridized carbons (Fsp3) is 0.176. The summed E-state index contributed by atoms with van der Waals surface area (Å²) in [6.45, 7) is 0. The molecule has 7 heteroatoms. The van der Waals surface area contributed by atoms with Crippen LogP contribution in [0.1, 0.15) is 12.0 Å². The Labute approximate surface area is 141 Å². The molecule has 3 aromatic rings. The van der Waals surface area contributed by atoms with Crippen LogP contribution < -0.4 is 0 Å². The molecule has 0 spiro atoms. The zero-order chi connectivity index (χ0) is 16.9. The summed E-state index contributed by atoms with van der Waals surface area (Å²) < 4.78 is 15.9. The van der Waals surface area contributed by atoms with E-state index in [1.165, 1.54) is 0 Å². The molecular formula is C17H17N3O3S. The highest BCUT2D eigenvalue weighted by Gasteiger charge is 2.16. The van der Waals surface area contributed by atoms with Crippen LogP contribution in [0.4, 0.5) is 0 Å². The van der Waals surface area contributed by atoms with E-state index in [0.29, 0.717) is 0 Å². The highest BCUT2D eigenvalue weighted by Crippen LogP contribution is 2.21. The van der Waals surface area contributed by atoms with Gasteiger partial charge >= 0.3 is 5.97 Å². The second-order valence-electron chi connectivity index (χ2n) is 5.26. The van der Waals surface area contributed by atoms with Crippen LogP contribution in [0, 0.1) is 0 Å². The first-order chi connectivity index (χ1) is 11.6. The van der Waals surface area contributed by atoms with Crippen LogP contribution in [0.5, 0.6) is 0 Å². The lowest BCUT2D eigenvalue weighted by atomic mass is 10.3. The van der Waals surface area contributed by atoms with E-state index in [9.17, 15) is 9.00 Å². The van der Waals surface area contributed by atoms with Crippen molar-refractivity contribution in [2.45, 2.75) is 12.2 Å². The third kappa shape index (κ3) is 3.62. The molecular weight excluding hydrogens is 326 g/mol. The van der Waals surface area contributed by atoms with Gasteiger partial charge in [-0.3, -0.25) is 9.00 Å². The first-order valence-corrected chi connectivity index (χ1v) is 8.96. The van der Waals surface area contributed by atoms with Crippen molar-refractivity contribution >= 4 is 16.8 Å². The van der Waals surface area contributed by atoms with Crippen molar-refractivity contribution in [3.05, 3.63) is 66.6 Å². The number of carboxylic acid groups (broad SMARTS) is 1.